The number of carbonyl (C=O) groups excluding carboxylic acids is 1. The molecule has 2 aromatic carbocycles. The van der Waals surface area contributed by atoms with Gasteiger partial charge in [0.1, 0.15) is 11.6 Å². The third-order valence-corrected chi connectivity index (χ3v) is 4.43. The van der Waals surface area contributed by atoms with Crippen molar-refractivity contribution in [2.24, 2.45) is 0 Å². The highest BCUT2D eigenvalue weighted by molar-refractivity contribution is 5.96. The number of ketones is 1. The van der Waals surface area contributed by atoms with Gasteiger partial charge in [-0.05, 0) is 40.8 Å². The maximum absolute atomic E-state index is 12.6. The highest BCUT2D eigenvalue weighted by Gasteiger charge is 2.20. The van der Waals surface area contributed by atoms with E-state index in [2.05, 4.69) is 24.3 Å². The summed E-state index contributed by atoms with van der Waals surface area (Å²) < 4.78 is 1.75. The van der Waals surface area contributed by atoms with E-state index in [4.69, 9.17) is 5.26 Å². The smallest absolute Gasteiger partial charge is 0.227 e. The maximum Gasteiger partial charge on any atom is 0.227 e. The van der Waals surface area contributed by atoms with Crippen molar-refractivity contribution in [3.63, 3.8) is 0 Å². The van der Waals surface area contributed by atoms with Gasteiger partial charge in [-0.25, -0.2) is 0 Å². The molecule has 0 radical (unpaired) electrons. The third-order valence-electron chi connectivity index (χ3n) is 4.43. The van der Waals surface area contributed by atoms with Crippen LogP contribution in [0.3, 0.4) is 0 Å². The van der Waals surface area contributed by atoms with Gasteiger partial charge in [0, 0.05) is 11.6 Å². The molecule has 0 bridgehead atoms. The van der Waals surface area contributed by atoms with Crippen LogP contribution in [0.1, 0.15) is 27.0 Å². The topological polar surface area (TPSA) is 44.7 Å². The summed E-state index contributed by atoms with van der Waals surface area (Å²) in [5, 5.41) is 8.96. The lowest BCUT2D eigenvalue weighted by Crippen LogP contribution is -3.00. The van der Waals surface area contributed by atoms with E-state index in [0.717, 1.165) is 12.0 Å². The van der Waals surface area contributed by atoms with Crippen LogP contribution in [0.15, 0.2) is 67.0 Å². The molecule has 25 heavy (non-hydrogen) atoms. The number of rotatable bonds is 3. The van der Waals surface area contributed by atoms with Crippen molar-refractivity contribution in [1.82, 2.24) is 0 Å². The zero-order valence-corrected chi connectivity index (χ0v) is 15.0. The van der Waals surface area contributed by atoms with Crippen molar-refractivity contribution in [1.29, 1.82) is 5.26 Å². The summed E-state index contributed by atoms with van der Waals surface area (Å²) in [5.41, 5.74) is 6.28. The van der Waals surface area contributed by atoms with Gasteiger partial charge < -0.3 is 17.0 Å². The average Bonchev–Trinajstić information content (AvgIpc) is 2.99. The first-order chi connectivity index (χ1) is 11.7. The van der Waals surface area contributed by atoms with Gasteiger partial charge in [0.25, 0.3) is 0 Å². The van der Waals surface area contributed by atoms with Crippen molar-refractivity contribution in [3.05, 3.63) is 89.2 Å². The Kier molecular flexibility index (Phi) is 4.78. The molecule has 1 aromatic heterocycles. The molecule has 0 amide bonds. The van der Waals surface area contributed by atoms with E-state index in [1.807, 2.05) is 30.5 Å². The van der Waals surface area contributed by atoms with Gasteiger partial charge in [0.05, 0.1) is 0 Å². The van der Waals surface area contributed by atoms with Gasteiger partial charge >= 0.3 is 0 Å². The monoisotopic (exact) mass is 390 g/mol. The van der Waals surface area contributed by atoms with Crippen molar-refractivity contribution in [2.75, 3.05) is 0 Å². The second-order valence-corrected chi connectivity index (χ2v) is 6.01. The Hall–Kier alpha value is -2.77. The van der Waals surface area contributed by atoms with Gasteiger partial charge in [0.2, 0.25) is 12.3 Å². The summed E-state index contributed by atoms with van der Waals surface area (Å²) in [6.45, 7) is 0.237. The molecule has 0 N–H and O–H groups in total. The summed E-state index contributed by atoms with van der Waals surface area (Å²) in [5.74, 6) is 0.0499. The molecule has 0 atom stereocenters. The van der Waals surface area contributed by atoms with Crippen LogP contribution < -0.4 is 21.5 Å². The molecule has 1 aliphatic rings. The number of Topliss-reactive ketones (excluding diaryl/α,β-unsaturated/α-hetero) is 1. The lowest BCUT2D eigenvalue weighted by atomic mass is 10.0. The summed E-state index contributed by atoms with van der Waals surface area (Å²) >= 11 is 0. The van der Waals surface area contributed by atoms with Gasteiger partial charge in [-0.2, -0.15) is 9.83 Å². The summed E-state index contributed by atoms with van der Waals surface area (Å²) in [6, 6.07) is 19.9. The van der Waals surface area contributed by atoms with Crippen LogP contribution in [0.25, 0.3) is 11.1 Å². The number of fused-ring (bicyclic) bond motifs is 3. The fraction of sp³-hybridized carbons (Fsp3) is 0.0952. The fourth-order valence-electron chi connectivity index (χ4n) is 3.26. The number of carbonyl (C=O) groups is 1. The van der Waals surface area contributed by atoms with Gasteiger partial charge in [0.15, 0.2) is 12.4 Å². The molecule has 3 aromatic rings. The Morgan fingerprint density at radius 2 is 1.84 bits per heavy atom. The van der Waals surface area contributed by atoms with E-state index >= 15 is 0 Å². The lowest BCUT2D eigenvalue weighted by molar-refractivity contribution is -0.683. The van der Waals surface area contributed by atoms with Crippen molar-refractivity contribution in [3.8, 4) is 17.2 Å². The van der Waals surface area contributed by atoms with Crippen LogP contribution in [0, 0.1) is 11.3 Å². The first kappa shape index (κ1) is 17.1. The lowest BCUT2D eigenvalue weighted by Gasteiger charge is -2.03. The van der Waals surface area contributed by atoms with Gasteiger partial charge in [-0.3, -0.25) is 4.79 Å². The van der Waals surface area contributed by atoms with E-state index < -0.39 is 0 Å². The van der Waals surface area contributed by atoms with Crippen LogP contribution in [0.2, 0.25) is 0 Å². The molecule has 4 heteroatoms. The van der Waals surface area contributed by atoms with Crippen molar-refractivity contribution < 1.29 is 26.3 Å². The van der Waals surface area contributed by atoms with Crippen LogP contribution >= 0.6 is 0 Å². The van der Waals surface area contributed by atoms with Crippen LogP contribution in [0.5, 0.6) is 0 Å². The minimum Gasteiger partial charge on any atom is -1.00 e. The van der Waals surface area contributed by atoms with Crippen molar-refractivity contribution >= 4 is 5.78 Å². The van der Waals surface area contributed by atoms with Crippen molar-refractivity contribution in [2.45, 2.75) is 13.0 Å². The molecule has 0 saturated heterocycles. The average molecular weight is 391 g/mol. The van der Waals surface area contributed by atoms with E-state index in [-0.39, 0.29) is 29.3 Å². The summed E-state index contributed by atoms with van der Waals surface area (Å²) in [4.78, 5) is 12.6. The summed E-state index contributed by atoms with van der Waals surface area (Å²) in [7, 11) is 0. The molecule has 3 nitrogen and oxygen atoms in total. The number of hydrogen-bond acceptors (Lipinski definition) is 2. The molecular formula is C21H15BrN2O. The van der Waals surface area contributed by atoms with Crippen LogP contribution in [-0.4, -0.2) is 5.78 Å². The molecule has 1 aliphatic carbocycles. The standard InChI is InChI=1S/C21H15N2O.BrH/c22-12-15-4-3-9-23(13-15)14-21(24)17-7-8-20-18(11-17)10-16-5-1-2-6-19(16)20;/h1-9,11,13H,10,14H2;1H/q+1;/p-1. The highest BCUT2D eigenvalue weighted by atomic mass is 79.9. The number of benzene rings is 2. The molecule has 4 rings (SSSR count). The largest absolute Gasteiger partial charge is 1.00 e. The molecule has 0 aliphatic heterocycles. The van der Waals surface area contributed by atoms with Crippen LogP contribution in [-0.2, 0) is 13.0 Å². The molecule has 122 valence electrons. The Balaban J connectivity index is 0.00000182. The minimum atomic E-state index is 0. The Morgan fingerprint density at radius 3 is 2.68 bits per heavy atom. The zero-order valence-electron chi connectivity index (χ0n) is 13.4. The number of hydrogen-bond donors (Lipinski definition) is 0. The number of halogens is 1. The number of pyridine rings is 1. The predicted molar refractivity (Wildman–Crippen MR) is 90.4 cm³/mol. The van der Waals surface area contributed by atoms with Crippen LogP contribution in [0.4, 0.5) is 0 Å². The van der Waals surface area contributed by atoms with E-state index in [0.29, 0.717) is 5.56 Å². The highest BCUT2D eigenvalue weighted by Crippen LogP contribution is 2.36. The van der Waals surface area contributed by atoms with Gasteiger partial charge in [-0.1, -0.05) is 36.4 Å². The van der Waals surface area contributed by atoms with E-state index in [9.17, 15) is 4.79 Å². The number of nitrogens with zero attached hydrogens (tertiary/aromatic N) is 2. The zero-order chi connectivity index (χ0) is 16.5. The quantitative estimate of drug-likeness (QED) is 0.373. The SMILES string of the molecule is N#Cc1ccc[n+](CC(=O)c2ccc3c(c2)Cc2ccccc2-3)c1.[Br-]. The Morgan fingerprint density at radius 1 is 1.04 bits per heavy atom. The molecule has 1 heterocycles. The normalized spacial score (nSPS) is 11.0. The molecule has 0 unspecified atom stereocenters. The number of nitriles is 1. The third kappa shape index (κ3) is 3.24. The number of aromatic nitrogens is 1. The first-order valence-electron chi connectivity index (χ1n) is 7.88. The van der Waals surface area contributed by atoms with E-state index in [1.165, 1.54) is 22.3 Å². The molecule has 0 spiro atoms. The Bertz CT molecular complexity index is 1000. The first-order valence-corrected chi connectivity index (χ1v) is 7.88. The summed E-state index contributed by atoms with van der Waals surface area (Å²) in [6.07, 6.45) is 4.38. The second-order valence-electron chi connectivity index (χ2n) is 6.01. The molecule has 0 fully saturated rings. The maximum atomic E-state index is 12.6. The minimum absolute atomic E-state index is 0. The predicted octanol–water partition coefficient (Wildman–Crippen LogP) is 0.304. The fourth-order valence-corrected chi connectivity index (χ4v) is 3.26. The van der Waals surface area contributed by atoms with Gasteiger partial charge in [-0.15, -0.1) is 0 Å². The second kappa shape index (κ2) is 7.00. The molecule has 0 saturated carbocycles. The molecular weight excluding hydrogens is 376 g/mol. The van der Waals surface area contributed by atoms with E-state index in [1.54, 1.807) is 22.9 Å². The Labute approximate surface area is 156 Å².